The maximum atomic E-state index is 10.9. The van der Waals surface area contributed by atoms with Crippen LogP contribution in [0.4, 0.5) is 0 Å². The minimum Gasteiger partial charge on any atom is -0.508 e. The highest BCUT2D eigenvalue weighted by molar-refractivity contribution is 5.66. The molecule has 4 rings (SSSR count). The molecule has 3 atom stereocenters. The molecule has 35 heavy (non-hydrogen) atoms. The highest BCUT2D eigenvalue weighted by Crippen LogP contribution is 2.35. The van der Waals surface area contributed by atoms with Gasteiger partial charge in [0.1, 0.15) is 5.75 Å². The first kappa shape index (κ1) is 24.6. The SMILES string of the molecule is C=CCN1C[C@H](C)N([C@@H](c2cccc(O)c2)c2cccc(-c3noc(CCC(=O)O)n3)c2)C[C@H]1C. The lowest BCUT2D eigenvalue weighted by Gasteiger charge is -2.47. The molecule has 0 saturated carbocycles. The topological polar surface area (TPSA) is 103 Å². The van der Waals surface area contributed by atoms with Gasteiger partial charge < -0.3 is 14.7 Å². The van der Waals surface area contributed by atoms with E-state index in [1.807, 2.05) is 42.5 Å². The second kappa shape index (κ2) is 10.8. The number of phenolic OH excluding ortho intramolecular Hbond substituents is 1. The Hall–Kier alpha value is -3.49. The van der Waals surface area contributed by atoms with Crippen LogP contribution in [0.2, 0.25) is 0 Å². The van der Waals surface area contributed by atoms with Crippen molar-refractivity contribution >= 4 is 5.97 Å². The van der Waals surface area contributed by atoms with Crippen LogP contribution in [0.3, 0.4) is 0 Å². The molecule has 0 bridgehead atoms. The molecule has 0 aliphatic carbocycles. The molecule has 2 N–H and O–H groups in total. The number of hydrogen-bond acceptors (Lipinski definition) is 7. The van der Waals surface area contributed by atoms with E-state index in [4.69, 9.17) is 9.63 Å². The van der Waals surface area contributed by atoms with Crippen LogP contribution in [-0.4, -0.2) is 67.8 Å². The minimum atomic E-state index is -0.905. The minimum absolute atomic E-state index is 0.0604. The number of carboxylic acid groups (broad SMARTS) is 1. The van der Waals surface area contributed by atoms with E-state index in [0.717, 1.165) is 36.3 Å². The second-order valence-corrected chi connectivity index (χ2v) is 9.17. The lowest BCUT2D eigenvalue weighted by molar-refractivity contribution is -0.137. The summed E-state index contributed by atoms with van der Waals surface area (Å²) in [6, 6.07) is 16.0. The fourth-order valence-corrected chi connectivity index (χ4v) is 4.81. The molecule has 0 unspecified atom stereocenters. The number of aryl methyl sites for hydroxylation is 1. The normalized spacial score (nSPS) is 19.9. The zero-order valence-electron chi connectivity index (χ0n) is 20.2. The van der Waals surface area contributed by atoms with Gasteiger partial charge in [-0.05, 0) is 43.2 Å². The highest BCUT2D eigenvalue weighted by Gasteiger charge is 2.34. The number of carbonyl (C=O) groups is 1. The average molecular weight is 477 g/mol. The van der Waals surface area contributed by atoms with Crippen molar-refractivity contribution in [2.24, 2.45) is 0 Å². The predicted molar refractivity (Wildman–Crippen MR) is 133 cm³/mol. The average Bonchev–Trinajstić information content (AvgIpc) is 3.31. The van der Waals surface area contributed by atoms with Crippen LogP contribution >= 0.6 is 0 Å². The fourth-order valence-electron chi connectivity index (χ4n) is 4.81. The summed E-state index contributed by atoms with van der Waals surface area (Å²) in [7, 11) is 0. The molecule has 8 heteroatoms. The zero-order chi connectivity index (χ0) is 24.9. The number of nitrogens with zero attached hydrogens (tertiary/aromatic N) is 4. The van der Waals surface area contributed by atoms with E-state index in [2.05, 4.69) is 46.4 Å². The Bertz CT molecular complexity index is 1180. The van der Waals surface area contributed by atoms with Crippen molar-refractivity contribution in [3.8, 4) is 17.1 Å². The number of aromatic nitrogens is 2. The van der Waals surface area contributed by atoms with Gasteiger partial charge in [0.05, 0.1) is 12.5 Å². The Morgan fingerprint density at radius 1 is 1.17 bits per heavy atom. The smallest absolute Gasteiger partial charge is 0.303 e. The van der Waals surface area contributed by atoms with Gasteiger partial charge in [-0.2, -0.15) is 4.98 Å². The highest BCUT2D eigenvalue weighted by atomic mass is 16.5. The number of aliphatic carboxylic acids is 1. The third-order valence-corrected chi connectivity index (χ3v) is 6.53. The molecule has 0 amide bonds. The van der Waals surface area contributed by atoms with Crippen molar-refractivity contribution in [3.05, 3.63) is 78.2 Å². The summed E-state index contributed by atoms with van der Waals surface area (Å²) in [6.45, 7) is 11.0. The summed E-state index contributed by atoms with van der Waals surface area (Å²) < 4.78 is 5.27. The molecular weight excluding hydrogens is 444 g/mol. The lowest BCUT2D eigenvalue weighted by Crippen LogP contribution is -2.57. The maximum absolute atomic E-state index is 10.9. The summed E-state index contributed by atoms with van der Waals surface area (Å²) in [5.74, 6) is 0.0605. The van der Waals surface area contributed by atoms with E-state index < -0.39 is 5.97 Å². The molecule has 1 saturated heterocycles. The number of benzene rings is 2. The van der Waals surface area contributed by atoms with Gasteiger partial charge in [0.25, 0.3) is 0 Å². The second-order valence-electron chi connectivity index (χ2n) is 9.17. The fraction of sp³-hybridized carbons (Fsp3) is 0.370. The molecule has 0 radical (unpaired) electrons. The van der Waals surface area contributed by atoms with Crippen molar-refractivity contribution in [1.29, 1.82) is 0 Å². The van der Waals surface area contributed by atoms with Crippen LogP contribution in [0.1, 0.15) is 43.3 Å². The summed E-state index contributed by atoms with van der Waals surface area (Å²) in [4.78, 5) is 20.2. The van der Waals surface area contributed by atoms with Crippen LogP contribution < -0.4 is 0 Å². The van der Waals surface area contributed by atoms with E-state index in [1.54, 1.807) is 6.07 Å². The number of carboxylic acids is 1. The van der Waals surface area contributed by atoms with Gasteiger partial charge in [-0.3, -0.25) is 14.6 Å². The van der Waals surface area contributed by atoms with Crippen molar-refractivity contribution in [2.75, 3.05) is 19.6 Å². The molecular formula is C27H32N4O4. The maximum Gasteiger partial charge on any atom is 0.303 e. The van der Waals surface area contributed by atoms with E-state index in [1.165, 1.54) is 0 Å². The molecule has 0 spiro atoms. The number of rotatable bonds is 9. The molecule has 1 fully saturated rings. The molecule has 1 aliphatic heterocycles. The predicted octanol–water partition coefficient (Wildman–Crippen LogP) is 4.13. The van der Waals surface area contributed by atoms with Gasteiger partial charge in [-0.15, -0.1) is 6.58 Å². The van der Waals surface area contributed by atoms with Crippen LogP contribution in [0.25, 0.3) is 11.4 Å². The third-order valence-electron chi connectivity index (χ3n) is 6.53. The number of phenols is 1. The number of piperazine rings is 1. The molecule has 184 valence electrons. The first-order valence-electron chi connectivity index (χ1n) is 11.9. The first-order valence-corrected chi connectivity index (χ1v) is 11.9. The van der Waals surface area contributed by atoms with Crippen LogP contribution in [0.5, 0.6) is 5.75 Å². The summed E-state index contributed by atoms with van der Waals surface area (Å²) in [5.41, 5.74) is 2.86. The Morgan fingerprint density at radius 3 is 2.63 bits per heavy atom. The van der Waals surface area contributed by atoms with Gasteiger partial charge in [-0.25, -0.2) is 0 Å². The van der Waals surface area contributed by atoms with E-state index in [-0.39, 0.29) is 30.7 Å². The lowest BCUT2D eigenvalue weighted by atomic mass is 9.92. The Morgan fingerprint density at radius 2 is 1.91 bits per heavy atom. The summed E-state index contributed by atoms with van der Waals surface area (Å²) >= 11 is 0. The molecule has 2 aromatic carbocycles. The monoisotopic (exact) mass is 476 g/mol. The van der Waals surface area contributed by atoms with Crippen molar-refractivity contribution in [3.63, 3.8) is 0 Å². The van der Waals surface area contributed by atoms with Crippen molar-refractivity contribution < 1.29 is 19.5 Å². The van der Waals surface area contributed by atoms with Crippen LogP contribution in [0.15, 0.2) is 65.7 Å². The van der Waals surface area contributed by atoms with Gasteiger partial charge in [0.2, 0.25) is 11.7 Å². The van der Waals surface area contributed by atoms with Crippen molar-refractivity contribution in [2.45, 2.75) is 44.8 Å². The summed E-state index contributed by atoms with van der Waals surface area (Å²) in [5, 5.41) is 23.2. The summed E-state index contributed by atoms with van der Waals surface area (Å²) in [6.07, 6.45) is 2.08. The molecule has 8 nitrogen and oxygen atoms in total. The Balaban J connectivity index is 1.69. The zero-order valence-corrected chi connectivity index (χ0v) is 20.2. The Labute approximate surface area is 205 Å². The molecule has 1 aliphatic rings. The standard InChI is InChI=1S/C27H32N4O4/c1-4-13-30-16-19(3)31(17-18(30)2)26(21-8-6-10-23(32)15-21)20-7-5-9-22(14-20)27-28-24(35-29-27)11-12-25(33)34/h4-10,14-15,18-19,26,32H,1,11-13,16-17H2,2-3H3,(H,33,34)/t18-,19+,26-/m1/s1. The van der Waals surface area contributed by atoms with Gasteiger partial charge in [0.15, 0.2) is 0 Å². The van der Waals surface area contributed by atoms with Crippen molar-refractivity contribution in [1.82, 2.24) is 19.9 Å². The quantitative estimate of drug-likeness (QED) is 0.445. The molecule has 2 heterocycles. The molecule has 3 aromatic rings. The first-order chi connectivity index (χ1) is 16.9. The molecule has 1 aromatic heterocycles. The van der Waals surface area contributed by atoms with Crippen LogP contribution in [-0.2, 0) is 11.2 Å². The van der Waals surface area contributed by atoms with E-state index in [0.29, 0.717) is 17.8 Å². The van der Waals surface area contributed by atoms with E-state index in [9.17, 15) is 9.90 Å². The Kier molecular flexibility index (Phi) is 7.63. The van der Waals surface area contributed by atoms with Gasteiger partial charge in [-0.1, -0.05) is 41.6 Å². The van der Waals surface area contributed by atoms with Crippen LogP contribution in [0, 0.1) is 0 Å². The third kappa shape index (κ3) is 5.78. The van der Waals surface area contributed by atoms with Gasteiger partial charge in [0, 0.05) is 43.7 Å². The number of hydrogen-bond donors (Lipinski definition) is 2. The largest absolute Gasteiger partial charge is 0.508 e. The number of aromatic hydroxyl groups is 1. The van der Waals surface area contributed by atoms with E-state index >= 15 is 0 Å². The van der Waals surface area contributed by atoms with Gasteiger partial charge >= 0.3 is 5.97 Å².